The number of aryl methyl sites for hydroxylation is 1. The second kappa shape index (κ2) is 7.98. The van der Waals surface area contributed by atoms with Gasteiger partial charge in [-0.1, -0.05) is 48.5 Å². The van der Waals surface area contributed by atoms with Gasteiger partial charge in [-0.25, -0.2) is 0 Å². The van der Waals surface area contributed by atoms with Crippen LogP contribution in [-0.2, 0) is 9.59 Å². The van der Waals surface area contributed by atoms with Crippen LogP contribution < -0.4 is 9.64 Å². The van der Waals surface area contributed by atoms with E-state index in [0.29, 0.717) is 22.6 Å². The average molecular weight is 438 g/mol. The molecule has 1 unspecified atom stereocenters. The number of hydrogen-bond acceptors (Lipinski definition) is 4. The highest BCUT2D eigenvalue weighted by molar-refractivity contribution is 6.52. The summed E-state index contributed by atoms with van der Waals surface area (Å²) in [7, 11) is 1.57. The molecule has 1 saturated heterocycles. The van der Waals surface area contributed by atoms with Crippen molar-refractivity contribution in [1.82, 2.24) is 4.98 Å². The smallest absolute Gasteiger partial charge is 0.300 e. The van der Waals surface area contributed by atoms with Crippen LogP contribution in [0.25, 0.3) is 16.7 Å². The van der Waals surface area contributed by atoms with E-state index in [9.17, 15) is 14.7 Å². The predicted octanol–water partition coefficient (Wildman–Crippen LogP) is 5.11. The third-order valence-electron chi connectivity index (χ3n) is 6.10. The summed E-state index contributed by atoms with van der Waals surface area (Å²) in [6, 6.07) is 21.3. The number of hydrogen-bond donors (Lipinski definition) is 2. The summed E-state index contributed by atoms with van der Waals surface area (Å²) in [5.41, 5.74) is 3.53. The summed E-state index contributed by atoms with van der Waals surface area (Å²) in [5.74, 6) is -0.945. The quantitative estimate of drug-likeness (QED) is 0.263. The number of carbonyl (C=O) groups is 2. The highest BCUT2D eigenvalue weighted by Crippen LogP contribution is 2.44. The number of carbonyl (C=O) groups excluding carboxylic acids is 2. The Hall–Kier alpha value is -4.32. The number of fused-ring (bicyclic) bond motifs is 1. The van der Waals surface area contributed by atoms with Crippen LogP contribution in [-0.4, -0.2) is 28.9 Å². The van der Waals surface area contributed by atoms with E-state index in [1.165, 1.54) is 4.90 Å². The standard InChI is InChI=1S/C27H22N2O4/c1-16-7-3-6-10-22(16)29-24(17-11-13-18(33-2)14-12-17)23(26(31)27(29)32)25(30)20-15-28-21-9-5-4-8-19(20)21/h3-15,24,28,30H,1-2H3/b25-23-. The Morgan fingerprint density at radius 3 is 2.39 bits per heavy atom. The Morgan fingerprint density at radius 1 is 0.970 bits per heavy atom. The summed E-state index contributed by atoms with van der Waals surface area (Å²) < 4.78 is 5.27. The number of ketones is 1. The number of nitrogens with zero attached hydrogens (tertiary/aromatic N) is 1. The van der Waals surface area contributed by atoms with E-state index in [2.05, 4.69) is 4.98 Å². The van der Waals surface area contributed by atoms with Crippen molar-refractivity contribution in [2.24, 2.45) is 0 Å². The van der Waals surface area contributed by atoms with Crippen LogP contribution >= 0.6 is 0 Å². The van der Waals surface area contributed by atoms with Crippen molar-refractivity contribution in [2.45, 2.75) is 13.0 Å². The molecule has 4 aromatic rings. The minimum atomic E-state index is -0.786. The fourth-order valence-corrected chi connectivity index (χ4v) is 4.43. The van der Waals surface area contributed by atoms with Gasteiger partial charge in [-0.05, 0) is 42.3 Å². The van der Waals surface area contributed by atoms with Gasteiger partial charge in [-0.15, -0.1) is 0 Å². The number of aliphatic hydroxyl groups is 1. The van der Waals surface area contributed by atoms with Crippen LogP contribution in [0.5, 0.6) is 5.75 Å². The lowest BCUT2D eigenvalue weighted by atomic mass is 9.94. The number of aliphatic hydroxyl groups excluding tert-OH is 1. The molecule has 0 spiro atoms. The maximum Gasteiger partial charge on any atom is 0.300 e. The first kappa shape index (κ1) is 20.6. The SMILES string of the molecule is COc1ccc(C2/C(=C(/O)c3c[nH]c4ccccc34)C(=O)C(=O)N2c2ccccc2C)cc1. The van der Waals surface area contributed by atoms with Crippen LogP contribution in [0.4, 0.5) is 5.69 Å². The zero-order valence-electron chi connectivity index (χ0n) is 18.2. The number of amides is 1. The monoisotopic (exact) mass is 438 g/mol. The second-order valence-electron chi connectivity index (χ2n) is 7.98. The van der Waals surface area contributed by atoms with E-state index >= 15 is 0 Å². The Bertz CT molecular complexity index is 1420. The van der Waals surface area contributed by atoms with Crippen molar-refractivity contribution < 1.29 is 19.4 Å². The van der Waals surface area contributed by atoms with Gasteiger partial charge >= 0.3 is 0 Å². The van der Waals surface area contributed by atoms with Gasteiger partial charge in [-0.2, -0.15) is 0 Å². The number of H-pyrrole nitrogens is 1. The molecule has 0 saturated carbocycles. The van der Waals surface area contributed by atoms with Crippen molar-refractivity contribution in [2.75, 3.05) is 12.0 Å². The van der Waals surface area contributed by atoms with Crippen LogP contribution in [0.3, 0.4) is 0 Å². The minimum Gasteiger partial charge on any atom is -0.507 e. The van der Waals surface area contributed by atoms with E-state index in [4.69, 9.17) is 4.74 Å². The van der Waals surface area contributed by atoms with Gasteiger partial charge in [0.1, 0.15) is 11.5 Å². The first-order valence-electron chi connectivity index (χ1n) is 10.6. The highest BCUT2D eigenvalue weighted by atomic mass is 16.5. The largest absolute Gasteiger partial charge is 0.507 e. The maximum absolute atomic E-state index is 13.3. The third-order valence-corrected chi connectivity index (χ3v) is 6.10. The van der Waals surface area contributed by atoms with Crippen molar-refractivity contribution in [1.29, 1.82) is 0 Å². The second-order valence-corrected chi connectivity index (χ2v) is 7.98. The first-order chi connectivity index (χ1) is 16.0. The lowest BCUT2D eigenvalue weighted by Gasteiger charge is -2.26. The van der Waals surface area contributed by atoms with Crippen molar-refractivity contribution in [3.05, 3.63) is 101 Å². The number of aromatic amines is 1. The molecule has 1 aromatic heterocycles. The molecular formula is C27H22N2O4. The molecule has 1 atom stereocenters. The van der Waals surface area contributed by atoms with Gasteiger partial charge in [0.05, 0.1) is 18.7 Å². The average Bonchev–Trinajstić information content (AvgIpc) is 3.38. The number of methoxy groups -OCH3 is 1. The number of Topliss-reactive ketones (excluding diaryl/α,β-unsaturated/α-hetero) is 1. The lowest BCUT2D eigenvalue weighted by molar-refractivity contribution is -0.132. The molecule has 5 rings (SSSR count). The van der Waals surface area contributed by atoms with Crippen LogP contribution in [0.15, 0.2) is 84.6 Å². The van der Waals surface area contributed by atoms with Gasteiger partial charge < -0.3 is 14.8 Å². The molecule has 3 aromatic carbocycles. The van der Waals surface area contributed by atoms with Crippen molar-refractivity contribution >= 4 is 34.0 Å². The summed E-state index contributed by atoms with van der Waals surface area (Å²) in [6.07, 6.45) is 1.66. The first-order valence-corrected chi connectivity index (χ1v) is 10.6. The van der Waals surface area contributed by atoms with Crippen LogP contribution in [0.2, 0.25) is 0 Å². The van der Waals surface area contributed by atoms with Crippen LogP contribution in [0, 0.1) is 6.92 Å². The van der Waals surface area contributed by atoms with Crippen molar-refractivity contribution in [3.63, 3.8) is 0 Å². The van der Waals surface area contributed by atoms with E-state index in [1.807, 2.05) is 67.6 Å². The number of ether oxygens (including phenoxy) is 1. The Kier molecular flexibility index (Phi) is 4.98. The Balaban J connectivity index is 1.76. The number of nitrogens with one attached hydrogen (secondary N) is 1. The highest BCUT2D eigenvalue weighted by Gasteiger charge is 2.47. The zero-order chi connectivity index (χ0) is 23.1. The minimum absolute atomic E-state index is 0.0539. The van der Waals surface area contributed by atoms with E-state index in [-0.39, 0.29) is 11.3 Å². The van der Waals surface area contributed by atoms with Gasteiger partial charge in [0, 0.05) is 28.4 Å². The van der Waals surface area contributed by atoms with Gasteiger partial charge in [0.2, 0.25) is 0 Å². The van der Waals surface area contributed by atoms with Crippen LogP contribution in [0.1, 0.15) is 22.7 Å². The summed E-state index contributed by atoms with van der Waals surface area (Å²) >= 11 is 0. The Labute approximate surface area is 190 Å². The number of benzene rings is 3. The number of aromatic nitrogens is 1. The molecule has 6 heteroatoms. The molecule has 1 aliphatic rings. The molecule has 33 heavy (non-hydrogen) atoms. The summed E-state index contributed by atoms with van der Waals surface area (Å²) in [4.78, 5) is 31.2. The topological polar surface area (TPSA) is 82.6 Å². The van der Waals surface area contributed by atoms with Gasteiger partial charge in [0.15, 0.2) is 0 Å². The fraction of sp³-hybridized carbons (Fsp3) is 0.111. The van der Waals surface area contributed by atoms with E-state index in [0.717, 1.165) is 16.5 Å². The molecule has 2 N–H and O–H groups in total. The molecule has 0 aliphatic carbocycles. The molecular weight excluding hydrogens is 416 g/mol. The van der Waals surface area contributed by atoms with Crippen molar-refractivity contribution in [3.8, 4) is 5.75 Å². The fourth-order valence-electron chi connectivity index (χ4n) is 4.43. The molecule has 6 nitrogen and oxygen atoms in total. The molecule has 1 amide bonds. The number of rotatable bonds is 4. The summed E-state index contributed by atoms with van der Waals surface area (Å²) in [6.45, 7) is 1.89. The molecule has 164 valence electrons. The zero-order valence-corrected chi connectivity index (χ0v) is 18.2. The third kappa shape index (κ3) is 3.27. The van der Waals surface area contributed by atoms with Gasteiger partial charge in [0.25, 0.3) is 11.7 Å². The Morgan fingerprint density at radius 2 is 1.67 bits per heavy atom. The number of anilines is 1. The lowest BCUT2D eigenvalue weighted by Crippen LogP contribution is -2.30. The van der Waals surface area contributed by atoms with E-state index in [1.54, 1.807) is 25.4 Å². The molecule has 1 fully saturated rings. The molecule has 0 radical (unpaired) electrons. The normalized spacial score (nSPS) is 17.6. The molecule has 0 bridgehead atoms. The molecule has 2 heterocycles. The predicted molar refractivity (Wildman–Crippen MR) is 127 cm³/mol. The van der Waals surface area contributed by atoms with E-state index < -0.39 is 17.7 Å². The summed E-state index contributed by atoms with van der Waals surface area (Å²) in [5, 5.41) is 12.2. The number of para-hydroxylation sites is 2. The molecule has 1 aliphatic heterocycles. The van der Waals surface area contributed by atoms with Gasteiger partial charge in [-0.3, -0.25) is 14.5 Å². The maximum atomic E-state index is 13.3.